The van der Waals surface area contributed by atoms with Gasteiger partial charge in [-0.2, -0.15) is 5.26 Å². The molecule has 1 aromatic heterocycles. The summed E-state index contributed by atoms with van der Waals surface area (Å²) in [6.07, 6.45) is 0. The lowest BCUT2D eigenvalue weighted by Crippen LogP contribution is -2.63. The molecule has 0 saturated heterocycles. The van der Waals surface area contributed by atoms with Crippen molar-refractivity contribution in [3.05, 3.63) is 95.6 Å². The number of nitrogens with zero attached hydrogens (tertiary/aromatic N) is 2. The highest BCUT2D eigenvalue weighted by Crippen LogP contribution is 2.41. The van der Waals surface area contributed by atoms with Crippen molar-refractivity contribution in [2.45, 2.75) is 19.3 Å². The van der Waals surface area contributed by atoms with E-state index in [0.29, 0.717) is 0 Å². The van der Waals surface area contributed by atoms with Crippen LogP contribution in [0.25, 0.3) is 27.5 Å². The maximum atomic E-state index is 10.2. The van der Waals surface area contributed by atoms with Crippen LogP contribution in [0.2, 0.25) is 0 Å². The van der Waals surface area contributed by atoms with Crippen LogP contribution in [-0.4, -0.2) is 11.3 Å². The van der Waals surface area contributed by atoms with Gasteiger partial charge in [-0.15, -0.1) is 0 Å². The summed E-state index contributed by atoms with van der Waals surface area (Å²) >= 11 is 0. The van der Waals surface area contributed by atoms with Crippen molar-refractivity contribution in [2.24, 2.45) is 0 Å². The summed E-state index contributed by atoms with van der Waals surface area (Å²) in [5.41, 5.74) is 10.9. The minimum absolute atomic E-state index is 0.171. The van der Waals surface area contributed by atoms with Crippen LogP contribution in [0.5, 0.6) is 0 Å². The molecule has 7 rings (SSSR count). The predicted molar refractivity (Wildman–Crippen MR) is 129 cm³/mol. The average molecular weight is 394 g/mol. The van der Waals surface area contributed by atoms with E-state index >= 15 is 0 Å². The van der Waals surface area contributed by atoms with Crippen LogP contribution in [0.4, 0.5) is 0 Å². The number of rotatable bonds is 0. The van der Waals surface area contributed by atoms with Crippen LogP contribution in [0.3, 0.4) is 0 Å². The Balaban J connectivity index is 1.83. The van der Waals surface area contributed by atoms with E-state index in [4.69, 9.17) is 0 Å². The van der Waals surface area contributed by atoms with E-state index in [-0.39, 0.29) is 12.1 Å². The molecule has 0 unspecified atom stereocenters. The lowest BCUT2D eigenvalue weighted by atomic mass is 9.30. The first kappa shape index (κ1) is 17.0. The number of benzene rings is 4. The second-order valence-corrected chi connectivity index (χ2v) is 9.28. The molecule has 0 N–H and O–H groups in total. The topological polar surface area (TPSA) is 28.7 Å². The van der Waals surface area contributed by atoms with E-state index < -0.39 is 0 Å². The summed E-state index contributed by atoms with van der Waals surface area (Å²) in [4.78, 5) is 0. The van der Waals surface area contributed by atoms with E-state index in [1.807, 2.05) is 0 Å². The van der Waals surface area contributed by atoms with E-state index in [0.717, 1.165) is 16.3 Å². The van der Waals surface area contributed by atoms with Crippen molar-refractivity contribution in [3.63, 3.8) is 0 Å². The molecule has 0 atom stereocenters. The van der Waals surface area contributed by atoms with E-state index in [1.54, 1.807) is 0 Å². The summed E-state index contributed by atoms with van der Waals surface area (Å²) in [6, 6.07) is 30.9. The lowest BCUT2D eigenvalue weighted by Gasteiger charge is -2.41. The van der Waals surface area contributed by atoms with Gasteiger partial charge in [-0.25, -0.2) is 0 Å². The molecule has 4 aromatic carbocycles. The molecule has 0 saturated carbocycles. The molecule has 3 heterocycles. The van der Waals surface area contributed by atoms with Crippen molar-refractivity contribution >= 4 is 44.9 Å². The minimum atomic E-state index is -0.171. The molecular formula is C28H19BN2. The van der Waals surface area contributed by atoms with Gasteiger partial charge in [-0.3, -0.25) is 0 Å². The predicted octanol–water partition coefficient (Wildman–Crippen LogP) is 4.12. The number of para-hydroxylation sites is 2. The standard InChI is InChI=1S/C28H19BN2/c1-28(2)19-10-4-5-11-21(19)29-22-12-6-8-14-24(22)31-23-13-7-3-9-18(23)25-17(16-30)15-20(28)26(29)27(25)31/h3-15H,1-2H3. The number of fused-ring (bicyclic) bond motifs is 8. The molecule has 2 nitrogen and oxygen atoms in total. The fourth-order valence-electron chi connectivity index (χ4n) is 6.21. The molecule has 2 aliphatic rings. The Kier molecular flexibility index (Phi) is 3.00. The number of nitriles is 1. The molecule has 0 fully saturated rings. The SMILES string of the molecule is CC1(C)c2ccccc2B2c3ccccc3-n3c4ccccc4c4c(C#N)cc1c2c43. The van der Waals surface area contributed by atoms with E-state index in [2.05, 4.69) is 103 Å². The van der Waals surface area contributed by atoms with Crippen molar-refractivity contribution < 1.29 is 0 Å². The molecule has 0 aliphatic carbocycles. The van der Waals surface area contributed by atoms with Gasteiger partial charge in [-0.05, 0) is 40.3 Å². The Hall–Kier alpha value is -3.77. The number of hydrogen-bond acceptors (Lipinski definition) is 1. The van der Waals surface area contributed by atoms with Crippen LogP contribution >= 0.6 is 0 Å². The quantitative estimate of drug-likeness (QED) is 0.356. The molecule has 144 valence electrons. The van der Waals surface area contributed by atoms with Gasteiger partial charge in [0, 0.05) is 21.9 Å². The molecule has 0 bridgehead atoms. The fraction of sp³-hybridized carbons (Fsp3) is 0.107. The van der Waals surface area contributed by atoms with Crippen molar-refractivity contribution in [2.75, 3.05) is 0 Å². The highest BCUT2D eigenvalue weighted by atomic mass is 15.0. The lowest BCUT2D eigenvalue weighted by molar-refractivity contribution is 0.646. The Morgan fingerprint density at radius 2 is 1.55 bits per heavy atom. The van der Waals surface area contributed by atoms with Crippen LogP contribution in [0, 0.1) is 11.3 Å². The summed E-state index contributed by atoms with van der Waals surface area (Å²) in [5.74, 6) is 0. The first-order valence-corrected chi connectivity index (χ1v) is 10.8. The maximum Gasteiger partial charge on any atom is 0.247 e. The van der Waals surface area contributed by atoms with Gasteiger partial charge in [0.1, 0.15) is 0 Å². The fourth-order valence-corrected chi connectivity index (χ4v) is 6.21. The zero-order chi connectivity index (χ0) is 20.9. The highest BCUT2D eigenvalue weighted by molar-refractivity contribution is 6.99. The van der Waals surface area contributed by atoms with Gasteiger partial charge < -0.3 is 4.57 Å². The summed E-state index contributed by atoms with van der Waals surface area (Å²) in [7, 11) is 0. The van der Waals surface area contributed by atoms with E-state index in [1.165, 1.54) is 44.2 Å². The third-order valence-electron chi connectivity index (χ3n) is 7.49. The van der Waals surface area contributed by atoms with Crippen LogP contribution in [-0.2, 0) is 5.41 Å². The third kappa shape index (κ3) is 1.85. The van der Waals surface area contributed by atoms with Crippen LogP contribution < -0.4 is 16.4 Å². The van der Waals surface area contributed by atoms with Gasteiger partial charge >= 0.3 is 0 Å². The van der Waals surface area contributed by atoms with Crippen molar-refractivity contribution in [1.29, 1.82) is 5.26 Å². The Bertz CT molecular complexity index is 1630. The number of hydrogen-bond donors (Lipinski definition) is 0. The Morgan fingerprint density at radius 1 is 0.839 bits per heavy atom. The Labute approximate surface area is 181 Å². The first-order chi connectivity index (χ1) is 15.1. The monoisotopic (exact) mass is 394 g/mol. The molecule has 5 aromatic rings. The normalized spacial score (nSPS) is 14.9. The zero-order valence-corrected chi connectivity index (χ0v) is 17.5. The minimum Gasteiger partial charge on any atom is -0.310 e. The van der Waals surface area contributed by atoms with Gasteiger partial charge in [0.15, 0.2) is 0 Å². The molecule has 0 radical (unpaired) electrons. The summed E-state index contributed by atoms with van der Waals surface area (Å²) < 4.78 is 2.40. The van der Waals surface area contributed by atoms with Crippen LogP contribution in [0.15, 0.2) is 78.9 Å². The highest BCUT2D eigenvalue weighted by Gasteiger charge is 2.45. The second-order valence-electron chi connectivity index (χ2n) is 9.28. The largest absolute Gasteiger partial charge is 0.310 e. The van der Waals surface area contributed by atoms with Gasteiger partial charge in [0.25, 0.3) is 0 Å². The van der Waals surface area contributed by atoms with Crippen molar-refractivity contribution in [1.82, 2.24) is 4.57 Å². The molecule has 2 aliphatic heterocycles. The number of aromatic nitrogens is 1. The maximum absolute atomic E-state index is 10.2. The smallest absolute Gasteiger partial charge is 0.247 e. The Morgan fingerprint density at radius 3 is 2.39 bits per heavy atom. The van der Waals surface area contributed by atoms with Crippen molar-refractivity contribution in [3.8, 4) is 11.8 Å². The second kappa shape index (κ2) is 5.48. The first-order valence-electron chi connectivity index (χ1n) is 10.8. The molecular weight excluding hydrogens is 375 g/mol. The zero-order valence-electron chi connectivity index (χ0n) is 17.5. The van der Waals surface area contributed by atoms with Crippen LogP contribution in [0.1, 0.15) is 30.5 Å². The summed E-state index contributed by atoms with van der Waals surface area (Å²) in [5, 5.41) is 12.4. The molecule has 3 heteroatoms. The summed E-state index contributed by atoms with van der Waals surface area (Å²) in [6.45, 7) is 4.78. The molecule has 0 amide bonds. The third-order valence-corrected chi connectivity index (χ3v) is 7.49. The van der Waals surface area contributed by atoms with Gasteiger partial charge in [-0.1, -0.05) is 80.0 Å². The van der Waals surface area contributed by atoms with Gasteiger partial charge in [0.05, 0.1) is 22.7 Å². The van der Waals surface area contributed by atoms with E-state index in [9.17, 15) is 5.26 Å². The molecule has 0 spiro atoms. The van der Waals surface area contributed by atoms with Gasteiger partial charge in [0.2, 0.25) is 6.71 Å². The molecule has 31 heavy (non-hydrogen) atoms. The average Bonchev–Trinajstić information content (AvgIpc) is 3.15.